The maximum absolute atomic E-state index is 12.9. The van der Waals surface area contributed by atoms with E-state index < -0.39 is 0 Å². The van der Waals surface area contributed by atoms with E-state index in [0.717, 1.165) is 71.6 Å². The van der Waals surface area contributed by atoms with E-state index in [-0.39, 0.29) is 0 Å². The molecule has 174 valence electrons. The van der Waals surface area contributed by atoms with Crippen LogP contribution in [0.1, 0.15) is 76.0 Å². The van der Waals surface area contributed by atoms with Crippen molar-refractivity contribution in [2.45, 2.75) is 77.3 Å². The van der Waals surface area contributed by atoms with Gasteiger partial charge >= 0.3 is 0 Å². The van der Waals surface area contributed by atoms with Gasteiger partial charge in [-0.2, -0.15) is 5.10 Å². The van der Waals surface area contributed by atoms with Gasteiger partial charge in [-0.05, 0) is 31.6 Å². The number of nitrogens with one attached hydrogen (secondary N) is 1. The van der Waals surface area contributed by atoms with Crippen LogP contribution in [0.15, 0.2) is 0 Å². The Hall–Kier alpha value is -1.60. The Morgan fingerprint density at radius 1 is 1.06 bits per heavy atom. The minimum atomic E-state index is 0.290. The summed E-state index contributed by atoms with van der Waals surface area (Å²) in [6, 6.07) is 0.466. The number of carbonyl (C=O) groups is 1. The molecule has 1 aliphatic carbocycles. The number of piperidine rings is 1. The van der Waals surface area contributed by atoms with Crippen LogP contribution in [-0.2, 0) is 23.1 Å². The largest absolute Gasteiger partial charge is 0.378 e. The van der Waals surface area contributed by atoms with Crippen LogP contribution >= 0.6 is 0 Å². The molecule has 4 rings (SSSR count). The molecule has 7 heteroatoms. The summed E-state index contributed by atoms with van der Waals surface area (Å²) in [5, 5.41) is 8.69. The van der Waals surface area contributed by atoms with Gasteiger partial charge in [-0.3, -0.25) is 9.48 Å². The molecular formula is C24H41N5O2. The number of amides is 1. The van der Waals surface area contributed by atoms with Gasteiger partial charge < -0.3 is 19.9 Å². The summed E-state index contributed by atoms with van der Waals surface area (Å²) < 4.78 is 7.62. The van der Waals surface area contributed by atoms with Crippen molar-refractivity contribution in [1.29, 1.82) is 0 Å². The summed E-state index contributed by atoms with van der Waals surface area (Å²) in [7, 11) is 2.07. The maximum Gasteiger partial charge on any atom is 0.225 e. The van der Waals surface area contributed by atoms with Gasteiger partial charge in [-0.25, -0.2) is 0 Å². The van der Waals surface area contributed by atoms with Crippen molar-refractivity contribution in [1.82, 2.24) is 20.0 Å². The lowest BCUT2D eigenvalue weighted by atomic mass is 9.87. The second-order valence-electron chi connectivity index (χ2n) is 9.88. The molecule has 0 radical (unpaired) electrons. The second kappa shape index (κ2) is 10.3. The van der Waals surface area contributed by atoms with Gasteiger partial charge in [0.25, 0.3) is 0 Å². The maximum atomic E-state index is 12.9. The van der Waals surface area contributed by atoms with Gasteiger partial charge in [0.1, 0.15) is 5.82 Å². The summed E-state index contributed by atoms with van der Waals surface area (Å²) in [6.07, 6.45) is 8.03. The molecular weight excluding hydrogens is 390 g/mol. The predicted octanol–water partition coefficient (Wildman–Crippen LogP) is 3.04. The smallest absolute Gasteiger partial charge is 0.225 e. The minimum absolute atomic E-state index is 0.290. The number of aromatic nitrogens is 2. The lowest BCUT2D eigenvalue weighted by Crippen LogP contribution is -2.47. The van der Waals surface area contributed by atoms with E-state index in [4.69, 9.17) is 9.84 Å². The van der Waals surface area contributed by atoms with Gasteiger partial charge in [0, 0.05) is 57.3 Å². The van der Waals surface area contributed by atoms with E-state index in [2.05, 4.69) is 40.7 Å². The number of rotatable bonds is 6. The van der Waals surface area contributed by atoms with Crippen LogP contribution in [0.2, 0.25) is 0 Å². The van der Waals surface area contributed by atoms with Gasteiger partial charge in [-0.15, -0.1) is 0 Å². The molecule has 1 aromatic heterocycles. The fourth-order valence-electron chi connectivity index (χ4n) is 5.54. The van der Waals surface area contributed by atoms with E-state index in [9.17, 15) is 4.79 Å². The molecule has 31 heavy (non-hydrogen) atoms. The summed E-state index contributed by atoms with van der Waals surface area (Å²) in [5.41, 5.74) is 2.53. The zero-order valence-corrected chi connectivity index (χ0v) is 19.7. The number of aryl methyl sites for hydroxylation is 1. The third-order valence-corrected chi connectivity index (χ3v) is 7.33. The average molecular weight is 432 g/mol. The number of anilines is 1. The molecule has 3 heterocycles. The van der Waals surface area contributed by atoms with E-state index in [0.29, 0.717) is 23.8 Å². The molecule has 1 aromatic rings. The first-order chi connectivity index (χ1) is 15.0. The quantitative estimate of drug-likeness (QED) is 0.750. The molecule has 1 N–H and O–H groups in total. The molecule has 1 amide bonds. The minimum Gasteiger partial charge on any atom is -0.378 e. The number of ether oxygens (including phenoxy) is 1. The first-order valence-corrected chi connectivity index (χ1v) is 12.4. The summed E-state index contributed by atoms with van der Waals surface area (Å²) in [5.74, 6) is 2.35. The first kappa shape index (κ1) is 22.6. The topological polar surface area (TPSA) is 62.6 Å². The van der Waals surface area contributed by atoms with Crippen LogP contribution in [0.3, 0.4) is 0 Å². The summed E-state index contributed by atoms with van der Waals surface area (Å²) in [6.45, 7) is 10.5. The van der Waals surface area contributed by atoms with Crippen molar-refractivity contribution in [2.75, 3.05) is 44.3 Å². The van der Waals surface area contributed by atoms with E-state index in [1.54, 1.807) is 0 Å². The average Bonchev–Trinajstić information content (AvgIpc) is 3.15. The molecule has 0 spiro atoms. The Balaban J connectivity index is 1.35. The van der Waals surface area contributed by atoms with Crippen molar-refractivity contribution in [3.63, 3.8) is 0 Å². The van der Waals surface area contributed by atoms with Gasteiger partial charge in [-0.1, -0.05) is 33.1 Å². The molecule has 3 fully saturated rings. The summed E-state index contributed by atoms with van der Waals surface area (Å²) in [4.78, 5) is 17.4. The standard InChI is InChI=1S/C24H41N5O2/c1-18(2)22-21(23(27(3)26-22)28-13-15-31-16-14-28)17-25-20-9-11-29(12-10-20)24(30)19-7-5-4-6-8-19/h18-20,25H,4-17H2,1-3H3. The SMILES string of the molecule is CC(C)c1nn(C)c(N2CCOCC2)c1CNC1CCN(C(=O)C2CCCCC2)CC1. The van der Waals surface area contributed by atoms with Crippen molar-refractivity contribution < 1.29 is 9.53 Å². The molecule has 2 saturated heterocycles. The van der Waals surface area contributed by atoms with Crippen LogP contribution in [0.4, 0.5) is 5.82 Å². The molecule has 0 bridgehead atoms. The van der Waals surface area contributed by atoms with E-state index in [1.165, 1.54) is 36.3 Å². The molecule has 0 aromatic carbocycles. The van der Waals surface area contributed by atoms with Crippen LogP contribution in [0.5, 0.6) is 0 Å². The van der Waals surface area contributed by atoms with Crippen LogP contribution in [0, 0.1) is 5.92 Å². The van der Waals surface area contributed by atoms with Crippen molar-refractivity contribution in [3.8, 4) is 0 Å². The van der Waals surface area contributed by atoms with Gasteiger partial charge in [0.15, 0.2) is 0 Å². The van der Waals surface area contributed by atoms with Crippen molar-refractivity contribution in [3.05, 3.63) is 11.3 Å². The van der Waals surface area contributed by atoms with E-state index >= 15 is 0 Å². The van der Waals surface area contributed by atoms with Crippen molar-refractivity contribution in [2.24, 2.45) is 13.0 Å². The van der Waals surface area contributed by atoms with Crippen molar-refractivity contribution >= 4 is 11.7 Å². The third kappa shape index (κ3) is 5.25. The Morgan fingerprint density at radius 2 is 1.74 bits per heavy atom. The Labute approximate surface area is 187 Å². The highest BCUT2D eigenvalue weighted by atomic mass is 16.5. The molecule has 1 saturated carbocycles. The highest BCUT2D eigenvalue weighted by molar-refractivity contribution is 5.79. The Kier molecular flexibility index (Phi) is 7.54. The highest BCUT2D eigenvalue weighted by Crippen LogP contribution is 2.30. The van der Waals surface area contributed by atoms with Crippen LogP contribution in [0.25, 0.3) is 0 Å². The normalized spacial score (nSPS) is 21.8. The molecule has 0 atom stereocenters. The zero-order valence-electron chi connectivity index (χ0n) is 19.7. The lowest BCUT2D eigenvalue weighted by Gasteiger charge is -2.36. The molecule has 3 aliphatic rings. The predicted molar refractivity (Wildman–Crippen MR) is 123 cm³/mol. The summed E-state index contributed by atoms with van der Waals surface area (Å²) >= 11 is 0. The number of hydrogen-bond acceptors (Lipinski definition) is 5. The van der Waals surface area contributed by atoms with Crippen LogP contribution < -0.4 is 10.2 Å². The zero-order chi connectivity index (χ0) is 21.8. The molecule has 7 nitrogen and oxygen atoms in total. The molecule has 0 unspecified atom stereocenters. The van der Waals surface area contributed by atoms with Gasteiger partial charge in [0.2, 0.25) is 5.91 Å². The first-order valence-electron chi connectivity index (χ1n) is 12.4. The lowest BCUT2D eigenvalue weighted by molar-refractivity contribution is -0.137. The Morgan fingerprint density at radius 3 is 2.39 bits per heavy atom. The van der Waals surface area contributed by atoms with Crippen LogP contribution in [-0.4, -0.2) is 66.0 Å². The van der Waals surface area contributed by atoms with Gasteiger partial charge in [0.05, 0.1) is 18.9 Å². The Bertz CT molecular complexity index is 727. The number of morpholine rings is 1. The number of carbonyl (C=O) groups excluding carboxylic acids is 1. The van der Waals surface area contributed by atoms with E-state index in [1.807, 2.05) is 0 Å². The highest BCUT2D eigenvalue weighted by Gasteiger charge is 2.30. The molecule has 2 aliphatic heterocycles. The second-order valence-corrected chi connectivity index (χ2v) is 9.88. The monoisotopic (exact) mass is 431 g/mol. The fourth-order valence-corrected chi connectivity index (χ4v) is 5.54. The number of likely N-dealkylation sites (tertiary alicyclic amines) is 1. The fraction of sp³-hybridized carbons (Fsp3) is 0.833. The number of hydrogen-bond donors (Lipinski definition) is 1. The third-order valence-electron chi connectivity index (χ3n) is 7.33. The number of nitrogens with zero attached hydrogens (tertiary/aromatic N) is 4.